The molecule has 2 heterocycles. The Kier molecular flexibility index (Phi) is 5.72. The smallest absolute Gasteiger partial charge is 0.262 e. The first-order chi connectivity index (χ1) is 11.9. The van der Waals surface area contributed by atoms with Gasteiger partial charge in [-0.2, -0.15) is 0 Å². The molecule has 25 heavy (non-hydrogen) atoms. The van der Waals surface area contributed by atoms with Gasteiger partial charge in [0.05, 0.1) is 11.1 Å². The SMILES string of the molecule is CC.CCC(C)c1ccc2c(c1)C(=O)N(C1CCC(=O)NC1=O)C2=O. The van der Waals surface area contributed by atoms with E-state index in [-0.39, 0.29) is 24.7 Å². The van der Waals surface area contributed by atoms with Crippen molar-refractivity contribution in [1.29, 1.82) is 0 Å². The van der Waals surface area contributed by atoms with Gasteiger partial charge in [-0.1, -0.05) is 33.8 Å². The number of nitrogens with zero attached hydrogens (tertiary/aromatic N) is 1. The Bertz CT molecular complexity index is 726. The van der Waals surface area contributed by atoms with Crippen LogP contribution in [-0.4, -0.2) is 34.6 Å². The molecule has 0 aliphatic carbocycles. The number of hydrogen-bond acceptors (Lipinski definition) is 4. The molecule has 6 heteroatoms. The monoisotopic (exact) mass is 344 g/mol. The molecule has 1 N–H and O–H groups in total. The number of piperidine rings is 1. The van der Waals surface area contributed by atoms with E-state index in [2.05, 4.69) is 19.2 Å². The second-order valence-electron chi connectivity index (χ2n) is 6.06. The summed E-state index contributed by atoms with van der Waals surface area (Å²) in [5.41, 5.74) is 1.67. The minimum atomic E-state index is -0.910. The number of hydrogen-bond donors (Lipinski definition) is 1. The summed E-state index contributed by atoms with van der Waals surface area (Å²) in [5, 5.41) is 2.19. The normalized spacial score (nSPS) is 20.6. The summed E-state index contributed by atoms with van der Waals surface area (Å²) in [4.78, 5) is 49.4. The minimum Gasteiger partial charge on any atom is -0.295 e. The van der Waals surface area contributed by atoms with Gasteiger partial charge in [0.1, 0.15) is 6.04 Å². The van der Waals surface area contributed by atoms with Gasteiger partial charge in [-0.15, -0.1) is 0 Å². The van der Waals surface area contributed by atoms with Gasteiger partial charge in [0.15, 0.2) is 0 Å². The van der Waals surface area contributed by atoms with Gasteiger partial charge in [-0.05, 0) is 36.5 Å². The summed E-state index contributed by atoms with van der Waals surface area (Å²) >= 11 is 0. The molecule has 2 aliphatic rings. The topological polar surface area (TPSA) is 83.6 Å². The van der Waals surface area contributed by atoms with Crippen molar-refractivity contribution in [2.75, 3.05) is 0 Å². The third kappa shape index (κ3) is 3.34. The highest BCUT2D eigenvalue weighted by Gasteiger charge is 2.44. The maximum atomic E-state index is 12.6. The van der Waals surface area contributed by atoms with Crippen LogP contribution in [0.25, 0.3) is 0 Å². The van der Waals surface area contributed by atoms with E-state index in [1.807, 2.05) is 19.9 Å². The zero-order chi connectivity index (χ0) is 18.7. The third-order valence-corrected chi connectivity index (χ3v) is 4.65. The van der Waals surface area contributed by atoms with Crippen LogP contribution in [0, 0.1) is 0 Å². The molecule has 4 amide bonds. The Morgan fingerprint density at radius 3 is 2.36 bits per heavy atom. The van der Waals surface area contributed by atoms with E-state index in [0.717, 1.165) is 16.9 Å². The number of nitrogens with one attached hydrogen (secondary N) is 1. The number of fused-ring (bicyclic) bond motifs is 1. The van der Waals surface area contributed by atoms with Crippen LogP contribution in [0.4, 0.5) is 0 Å². The summed E-state index contributed by atoms with van der Waals surface area (Å²) in [5.74, 6) is -1.59. The Morgan fingerprint density at radius 2 is 1.76 bits per heavy atom. The molecule has 0 aromatic heterocycles. The van der Waals surface area contributed by atoms with Crippen molar-refractivity contribution < 1.29 is 19.2 Å². The molecule has 2 atom stereocenters. The molecular formula is C19H24N2O4. The lowest BCUT2D eigenvalue weighted by molar-refractivity contribution is -0.136. The van der Waals surface area contributed by atoms with E-state index < -0.39 is 23.8 Å². The largest absolute Gasteiger partial charge is 0.295 e. The molecule has 1 fully saturated rings. The zero-order valence-corrected chi connectivity index (χ0v) is 15.1. The zero-order valence-electron chi connectivity index (χ0n) is 15.1. The van der Waals surface area contributed by atoms with Crippen molar-refractivity contribution >= 4 is 23.6 Å². The lowest BCUT2D eigenvalue weighted by Crippen LogP contribution is -2.54. The summed E-state index contributed by atoms with van der Waals surface area (Å²) < 4.78 is 0. The van der Waals surface area contributed by atoms with E-state index in [4.69, 9.17) is 0 Å². The molecule has 2 aliphatic heterocycles. The molecule has 1 saturated heterocycles. The molecule has 0 bridgehead atoms. The Hall–Kier alpha value is -2.50. The predicted molar refractivity (Wildman–Crippen MR) is 93.2 cm³/mol. The van der Waals surface area contributed by atoms with Crippen molar-refractivity contribution in [3.8, 4) is 0 Å². The summed E-state index contributed by atoms with van der Waals surface area (Å²) in [6, 6.07) is 4.34. The lowest BCUT2D eigenvalue weighted by Gasteiger charge is -2.27. The van der Waals surface area contributed by atoms with Gasteiger partial charge >= 0.3 is 0 Å². The summed E-state index contributed by atoms with van der Waals surface area (Å²) in [6.07, 6.45) is 1.23. The van der Waals surface area contributed by atoms with E-state index in [9.17, 15) is 19.2 Å². The molecule has 2 unspecified atom stereocenters. The van der Waals surface area contributed by atoms with E-state index in [1.165, 1.54) is 0 Å². The number of carbonyl (C=O) groups is 4. The molecular weight excluding hydrogens is 320 g/mol. The highest BCUT2D eigenvalue weighted by atomic mass is 16.2. The Morgan fingerprint density at radius 1 is 1.12 bits per heavy atom. The summed E-state index contributed by atoms with van der Waals surface area (Å²) in [6.45, 7) is 8.11. The molecule has 134 valence electrons. The Balaban J connectivity index is 0.00000109. The average Bonchev–Trinajstić information content (AvgIpc) is 2.87. The number of carbonyl (C=O) groups excluding carboxylic acids is 4. The van der Waals surface area contributed by atoms with Crippen LogP contribution < -0.4 is 5.32 Å². The van der Waals surface area contributed by atoms with Crippen LogP contribution in [0.15, 0.2) is 18.2 Å². The van der Waals surface area contributed by atoms with Crippen LogP contribution in [0.2, 0.25) is 0 Å². The molecule has 0 spiro atoms. The lowest BCUT2D eigenvalue weighted by atomic mass is 9.95. The van der Waals surface area contributed by atoms with Crippen molar-refractivity contribution in [3.63, 3.8) is 0 Å². The van der Waals surface area contributed by atoms with Crippen LogP contribution in [0.1, 0.15) is 79.2 Å². The molecule has 3 rings (SSSR count). The second kappa shape index (κ2) is 7.59. The number of rotatable bonds is 3. The van der Waals surface area contributed by atoms with Crippen molar-refractivity contribution in [3.05, 3.63) is 34.9 Å². The molecule has 0 radical (unpaired) electrons. The van der Waals surface area contributed by atoms with Gasteiger partial charge in [0, 0.05) is 6.42 Å². The first kappa shape index (κ1) is 18.8. The Labute approximate surface area is 147 Å². The van der Waals surface area contributed by atoms with Gasteiger partial charge < -0.3 is 0 Å². The fourth-order valence-corrected chi connectivity index (χ4v) is 3.03. The fraction of sp³-hybridized carbons (Fsp3) is 0.474. The van der Waals surface area contributed by atoms with Crippen molar-refractivity contribution in [2.24, 2.45) is 0 Å². The predicted octanol–water partition coefficient (Wildman–Crippen LogP) is 2.63. The number of benzene rings is 1. The van der Waals surface area contributed by atoms with Crippen LogP contribution in [0.5, 0.6) is 0 Å². The molecule has 6 nitrogen and oxygen atoms in total. The van der Waals surface area contributed by atoms with Crippen molar-refractivity contribution in [2.45, 2.75) is 58.9 Å². The molecule has 1 aromatic rings. The fourth-order valence-electron chi connectivity index (χ4n) is 3.03. The van der Waals surface area contributed by atoms with Gasteiger partial charge in [-0.3, -0.25) is 29.4 Å². The second-order valence-corrected chi connectivity index (χ2v) is 6.06. The molecule has 0 saturated carbocycles. The van der Waals surface area contributed by atoms with Gasteiger partial charge in [0.2, 0.25) is 11.8 Å². The quantitative estimate of drug-likeness (QED) is 0.855. The van der Waals surface area contributed by atoms with Crippen LogP contribution in [0.3, 0.4) is 0 Å². The third-order valence-electron chi connectivity index (χ3n) is 4.65. The van der Waals surface area contributed by atoms with E-state index in [0.29, 0.717) is 11.1 Å². The highest BCUT2D eigenvalue weighted by molar-refractivity contribution is 6.23. The number of imide groups is 2. The first-order valence-corrected chi connectivity index (χ1v) is 8.79. The summed E-state index contributed by atoms with van der Waals surface area (Å²) in [7, 11) is 0. The standard InChI is InChI=1S/C17H18N2O4.C2H6/c1-3-9(2)10-4-5-11-12(8-10)17(23)19(16(11)22)13-6-7-14(20)18-15(13)21;1-2/h4-5,8-9,13H,3,6-7H2,1-2H3,(H,18,20,21);1-2H3. The van der Waals surface area contributed by atoms with E-state index >= 15 is 0 Å². The average molecular weight is 344 g/mol. The van der Waals surface area contributed by atoms with Crippen molar-refractivity contribution in [1.82, 2.24) is 10.2 Å². The van der Waals surface area contributed by atoms with Gasteiger partial charge in [-0.25, -0.2) is 0 Å². The minimum absolute atomic E-state index is 0.127. The van der Waals surface area contributed by atoms with E-state index in [1.54, 1.807) is 12.1 Å². The maximum Gasteiger partial charge on any atom is 0.262 e. The maximum absolute atomic E-state index is 12.6. The van der Waals surface area contributed by atoms with Gasteiger partial charge in [0.25, 0.3) is 11.8 Å². The molecule has 1 aromatic carbocycles. The first-order valence-electron chi connectivity index (χ1n) is 8.79. The number of amides is 4. The van der Waals surface area contributed by atoms with Crippen LogP contribution >= 0.6 is 0 Å². The van der Waals surface area contributed by atoms with Crippen LogP contribution in [-0.2, 0) is 9.59 Å². The highest BCUT2D eigenvalue weighted by Crippen LogP contribution is 2.30.